The van der Waals surface area contributed by atoms with E-state index in [2.05, 4.69) is 10.2 Å². The molecule has 0 saturated carbocycles. The molecule has 5 nitrogen and oxygen atoms in total. The molecule has 1 N–H and O–H groups in total. The van der Waals surface area contributed by atoms with E-state index in [1.807, 2.05) is 0 Å². The van der Waals surface area contributed by atoms with E-state index in [1.54, 1.807) is 4.90 Å². The van der Waals surface area contributed by atoms with Gasteiger partial charge < -0.3 is 10.0 Å². The Labute approximate surface area is 121 Å². The van der Waals surface area contributed by atoms with Gasteiger partial charge in [-0.05, 0) is 18.9 Å². The van der Waals surface area contributed by atoms with Gasteiger partial charge in [0, 0.05) is 6.54 Å². The van der Waals surface area contributed by atoms with E-state index < -0.39 is 0 Å². The lowest BCUT2D eigenvalue weighted by Gasteiger charge is -2.28. The molecule has 0 radical (unpaired) electrons. The fourth-order valence-corrected chi connectivity index (χ4v) is 2.61. The molecule has 0 aliphatic carbocycles. The second-order valence-electron chi connectivity index (χ2n) is 4.56. The zero-order valence-electron chi connectivity index (χ0n) is 10.4. The van der Waals surface area contributed by atoms with Crippen LogP contribution >= 0.6 is 23.2 Å². The Morgan fingerprint density at radius 3 is 2.89 bits per heavy atom. The minimum atomic E-state index is -0.247. The predicted octanol–water partition coefficient (Wildman–Crippen LogP) is 2.16. The van der Waals surface area contributed by atoms with Crippen molar-refractivity contribution in [2.75, 3.05) is 13.2 Å². The largest absolute Gasteiger partial charge is 0.394 e. The number of aliphatic hydroxyl groups is 1. The summed E-state index contributed by atoms with van der Waals surface area (Å²) in [5.41, 5.74) is 0.238. The van der Waals surface area contributed by atoms with Crippen molar-refractivity contribution in [3.05, 3.63) is 21.9 Å². The Hall–Kier alpha value is -0.910. The van der Waals surface area contributed by atoms with Crippen LogP contribution < -0.4 is 0 Å². The summed E-state index contributed by atoms with van der Waals surface area (Å²) in [5.74, 6) is -0.247. The predicted molar refractivity (Wildman–Crippen MR) is 72.4 cm³/mol. The highest BCUT2D eigenvalue weighted by atomic mass is 35.5. The molecule has 0 spiro atoms. The van der Waals surface area contributed by atoms with Crippen molar-refractivity contribution in [1.82, 2.24) is 15.1 Å². The van der Waals surface area contributed by atoms with Crippen LogP contribution in [0.5, 0.6) is 0 Å². The summed E-state index contributed by atoms with van der Waals surface area (Å²) < 4.78 is 0. The lowest BCUT2D eigenvalue weighted by molar-refractivity contribution is 0.0599. The first-order valence-corrected chi connectivity index (χ1v) is 6.99. The molecule has 2 heterocycles. The number of carbonyl (C=O) groups is 1. The van der Waals surface area contributed by atoms with Gasteiger partial charge in [0.25, 0.3) is 5.91 Å². The zero-order chi connectivity index (χ0) is 13.8. The lowest BCUT2D eigenvalue weighted by atomic mass is 10.1. The van der Waals surface area contributed by atoms with Gasteiger partial charge in [-0.1, -0.05) is 36.0 Å². The van der Waals surface area contributed by atoms with Gasteiger partial charge in [0.15, 0.2) is 10.3 Å². The van der Waals surface area contributed by atoms with Gasteiger partial charge in [0.05, 0.1) is 18.2 Å². The second-order valence-corrected chi connectivity index (χ2v) is 5.30. The molecule has 104 valence electrons. The average Bonchev–Trinajstić information content (AvgIpc) is 2.65. The fourth-order valence-electron chi connectivity index (χ4n) is 2.29. The van der Waals surface area contributed by atoms with Crippen molar-refractivity contribution in [3.8, 4) is 0 Å². The maximum absolute atomic E-state index is 12.5. The normalized spacial score (nSPS) is 20.2. The fraction of sp³-hybridized carbons (Fsp3) is 0.583. The van der Waals surface area contributed by atoms with E-state index in [4.69, 9.17) is 23.2 Å². The number of halogens is 2. The van der Waals surface area contributed by atoms with Crippen LogP contribution in [0.2, 0.25) is 10.3 Å². The Kier molecular flexibility index (Phi) is 4.96. The molecule has 1 aliphatic heterocycles. The number of aromatic nitrogens is 2. The number of hydrogen-bond donors (Lipinski definition) is 1. The Bertz CT molecular complexity index is 470. The minimum absolute atomic E-state index is 0.0373. The van der Waals surface area contributed by atoms with Crippen LogP contribution in [0.1, 0.15) is 36.0 Å². The highest BCUT2D eigenvalue weighted by Gasteiger charge is 2.27. The van der Waals surface area contributed by atoms with Gasteiger partial charge in [-0.15, -0.1) is 10.2 Å². The topological polar surface area (TPSA) is 66.3 Å². The molecule has 7 heteroatoms. The van der Waals surface area contributed by atoms with Crippen molar-refractivity contribution in [2.45, 2.75) is 31.7 Å². The molecule has 1 aromatic heterocycles. The Balaban J connectivity index is 2.27. The smallest absolute Gasteiger partial charge is 0.257 e. The summed E-state index contributed by atoms with van der Waals surface area (Å²) in [7, 11) is 0. The number of hydrogen-bond acceptors (Lipinski definition) is 4. The van der Waals surface area contributed by atoms with Crippen molar-refractivity contribution < 1.29 is 9.90 Å². The third-order valence-electron chi connectivity index (χ3n) is 3.30. The SMILES string of the molecule is O=C(c1cc(Cl)nnc1Cl)N1CCCCCC1CO. The van der Waals surface area contributed by atoms with E-state index in [0.717, 1.165) is 25.7 Å². The summed E-state index contributed by atoms with van der Waals surface area (Å²) in [6.07, 6.45) is 3.79. The van der Waals surface area contributed by atoms with Gasteiger partial charge in [0.1, 0.15) is 0 Å². The molecule has 2 rings (SSSR count). The van der Waals surface area contributed by atoms with Gasteiger partial charge >= 0.3 is 0 Å². The monoisotopic (exact) mass is 303 g/mol. The van der Waals surface area contributed by atoms with Crippen LogP contribution in [0.15, 0.2) is 6.07 Å². The number of aliphatic hydroxyl groups excluding tert-OH is 1. The highest BCUT2D eigenvalue weighted by Crippen LogP contribution is 2.22. The van der Waals surface area contributed by atoms with Crippen LogP contribution in [0.3, 0.4) is 0 Å². The van der Waals surface area contributed by atoms with Crippen molar-refractivity contribution in [2.24, 2.45) is 0 Å². The van der Waals surface area contributed by atoms with E-state index in [9.17, 15) is 9.90 Å². The quantitative estimate of drug-likeness (QED) is 0.909. The molecule has 1 aliphatic rings. The molecule has 1 unspecified atom stereocenters. The first kappa shape index (κ1) is 14.5. The van der Waals surface area contributed by atoms with Crippen LogP contribution in [0, 0.1) is 0 Å². The van der Waals surface area contributed by atoms with Crippen LogP contribution in [-0.4, -0.2) is 45.3 Å². The number of nitrogens with zero attached hydrogens (tertiary/aromatic N) is 3. The van der Waals surface area contributed by atoms with Crippen molar-refractivity contribution in [1.29, 1.82) is 0 Å². The maximum Gasteiger partial charge on any atom is 0.257 e. The molecular formula is C12H15Cl2N3O2. The third kappa shape index (κ3) is 3.35. The highest BCUT2D eigenvalue weighted by molar-refractivity contribution is 6.34. The van der Waals surface area contributed by atoms with Gasteiger partial charge in [-0.25, -0.2) is 0 Å². The van der Waals surface area contributed by atoms with E-state index in [1.165, 1.54) is 6.07 Å². The van der Waals surface area contributed by atoms with E-state index in [-0.39, 0.29) is 34.4 Å². The van der Waals surface area contributed by atoms with E-state index in [0.29, 0.717) is 6.54 Å². The first-order chi connectivity index (χ1) is 9.13. The van der Waals surface area contributed by atoms with Gasteiger partial charge in [-0.3, -0.25) is 4.79 Å². The summed E-state index contributed by atoms with van der Waals surface area (Å²) in [6, 6.07) is 1.25. The standard InChI is InChI=1S/C12H15Cl2N3O2/c13-10-6-9(11(14)16-15-10)12(19)17-5-3-1-2-4-8(17)7-18/h6,8,18H,1-5,7H2. The minimum Gasteiger partial charge on any atom is -0.394 e. The molecule has 19 heavy (non-hydrogen) atoms. The molecular weight excluding hydrogens is 289 g/mol. The lowest BCUT2D eigenvalue weighted by Crippen LogP contribution is -2.42. The first-order valence-electron chi connectivity index (χ1n) is 6.24. The maximum atomic E-state index is 12.5. The molecule has 1 amide bonds. The number of likely N-dealkylation sites (tertiary alicyclic amines) is 1. The number of carbonyl (C=O) groups excluding carboxylic acids is 1. The average molecular weight is 304 g/mol. The molecule has 1 aromatic rings. The Morgan fingerprint density at radius 1 is 1.37 bits per heavy atom. The number of amides is 1. The van der Waals surface area contributed by atoms with Gasteiger partial charge in [0.2, 0.25) is 0 Å². The molecule has 1 saturated heterocycles. The summed E-state index contributed by atoms with van der Waals surface area (Å²) in [6.45, 7) is 0.565. The summed E-state index contributed by atoms with van der Waals surface area (Å²) in [4.78, 5) is 14.2. The molecule has 0 bridgehead atoms. The third-order valence-corrected chi connectivity index (χ3v) is 3.76. The summed E-state index contributed by atoms with van der Waals surface area (Å²) >= 11 is 11.6. The van der Waals surface area contributed by atoms with E-state index >= 15 is 0 Å². The van der Waals surface area contributed by atoms with Gasteiger partial charge in [-0.2, -0.15) is 0 Å². The zero-order valence-corrected chi connectivity index (χ0v) is 11.9. The molecule has 0 aromatic carbocycles. The van der Waals surface area contributed by atoms with Crippen LogP contribution in [0.25, 0.3) is 0 Å². The number of rotatable bonds is 2. The molecule has 1 atom stereocenters. The molecule has 1 fully saturated rings. The summed E-state index contributed by atoms with van der Waals surface area (Å²) in [5, 5.41) is 16.8. The van der Waals surface area contributed by atoms with Crippen molar-refractivity contribution >= 4 is 29.1 Å². The van der Waals surface area contributed by atoms with Crippen LogP contribution in [0.4, 0.5) is 0 Å². The Morgan fingerprint density at radius 2 is 2.16 bits per heavy atom. The second kappa shape index (κ2) is 6.50. The van der Waals surface area contributed by atoms with Crippen molar-refractivity contribution in [3.63, 3.8) is 0 Å². The van der Waals surface area contributed by atoms with Crippen LogP contribution in [-0.2, 0) is 0 Å².